The van der Waals surface area contributed by atoms with E-state index in [-0.39, 0.29) is 0 Å². The van der Waals surface area contributed by atoms with Crippen molar-refractivity contribution in [3.8, 4) is 0 Å². The molecule has 0 spiro atoms. The summed E-state index contributed by atoms with van der Waals surface area (Å²) < 4.78 is 0. The second kappa shape index (κ2) is 7.83. The first kappa shape index (κ1) is 15.6. The zero-order chi connectivity index (χ0) is 13.4. The van der Waals surface area contributed by atoms with E-state index in [0.717, 1.165) is 17.8 Å². The molecule has 0 aromatic carbocycles. The van der Waals surface area contributed by atoms with Crippen molar-refractivity contribution in [1.29, 1.82) is 0 Å². The molecule has 17 heavy (non-hydrogen) atoms. The van der Waals surface area contributed by atoms with Crippen molar-refractivity contribution in [1.82, 2.24) is 0 Å². The Kier molecular flexibility index (Phi) is 7.20. The second-order valence-electron chi connectivity index (χ2n) is 4.49. The summed E-state index contributed by atoms with van der Waals surface area (Å²) in [4.78, 5) is 4.51. The van der Waals surface area contributed by atoms with Gasteiger partial charge in [0.2, 0.25) is 0 Å². The van der Waals surface area contributed by atoms with Gasteiger partial charge in [0.15, 0.2) is 0 Å². The van der Waals surface area contributed by atoms with Crippen LogP contribution in [0, 0.1) is 0 Å². The van der Waals surface area contributed by atoms with Crippen LogP contribution in [0.15, 0.2) is 52.2 Å². The molecule has 0 aliphatic carbocycles. The molecule has 0 saturated heterocycles. The predicted octanol–water partition coefficient (Wildman–Crippen LogP) is 5.23. The molecule has 1 nitrogen and oxygen atoms in total. The van der Waals surface area contributed by atoms with Crippen LogP contribution in [0.5, 0.6) is 0 Å². The summed E-state index contributed by atoms with van der Waals surface area (Å²) in [5.41, 5.74) is 5.66. The highest BCUT2D eigenvalue weighted by atomic mass is 14.7. The predicted molar refractivity (Wildman–Crippen MR) is 79.5 cm³/mol. The van der Waals surface area contributed by atoms with Gasteiger partial charge in [0.1, 0.15) is 0 Å². The molecule has 0 fully saturated rings. The van der Waals surface area contributed by atoms with Gasteiger partial charge in [0.05, 0.1) is 5.71 Å². The molecule has 0 saturated carbocycles. The second-order valence-corrected chi connectivity index (χ2v) is 4.49. The number of aliphatic imine (C=N–C) groups is 1. The Morgan fingerprint density at radius 1 is 1.18 bits per heavy atom. The van der Waals surface area contributed by atoms with Crippen LogP contribution in [0.4, 0.5) is 0 Å². The molecule has 0 radical (unpaired) electrons. The van der Waals surface area contributed by atoms with E-state index in [2.05, 4.69) is 45.3 Å². The van der Waals surface area contributed by atoms with Gasteiger partial charge >= 0.3 is 0 Å². The maximum Gasteiger partial charge on any atom is 0.0700 e. The van der Waals surface area contributed by atoms with Gasteiger partial charge in [-0.1, -0.05) is 36.8 Å². The number of hydrogen-bond acceptors (Lipinski definition) is 1. The number of rotatable bonds is 5. The third-order valence-corrected chi connectivity index (χ3v) is 2.40. The van der Waals surface area contributed by atoms with Crippen LogP contribution in [0.25, 0.3) is 0 Å². The van der Waals surface area contributed by atoms with Gasteiger partial charge < -0.3 is 0 Å². The van der Waals surface area contributed by atoms with Crippen LogP contribution >= 0.6 is 0 Å². The first-order valence-electron chi connectivity index (χ1n) is 6.14. The summed E-state index contributed by atoms with van der Waals surface area (Å²) in [5.74, 6) is 0. The van der Waals surface area contributed by atoms with E-state index in [1.165, 1.54) is 16.7 Å². The molecule has 0 aromatic rings. The van der Waals surface area contributed by atoms with Crippen LogP contribution in [0.3, 0.4) is 0 Å². The van der Waals surface area contributed by atoms with Gasteiger partial charge in [-0.05, 0) is 52.7 Å². The average Bonchev–Trinajstić information content (AvgIpc) is 2.23. The van der Waals surface area contributed by atoms with Gasteiger partial charge in [-0.3, -0.25) is 4.99 Å². The van der Waals surface area contributed by atoms with Crippen molar-refractivity contribution in [2.24, 2.45) is 4.99 Å². The molecule has 0 amide bonds. The summed E-state index contributed by atoms with van der Waals surface area (Å²) in [7, 11) is 0. The topological polar surface area (TPSA) is 12.4 Å². The molecule has 94 valence electrons. The molecule has 0 atom stereocenters. The standard InChI is InChI=1S/C16H25N/c1-8-10-16(17-13(5)6)15(12(3)4)11-14(7)9-2/h8,10-11H,5,9H2,1-4,6-7H3/b10-8-,14-11-,17-16?. The molecule has 0 aliphatic heterocycles. The molecule has 0 aliphatic rings. The maximum atomic E-state index is 4.51. The molecule has 0 N–H and O–H groups in total. The molecular formula is C16H25N. The van der Waals surface area contributed by atoms with Crippen LogP contribution in [-0.4, -0.2) is 5.71 Å². The van der Waals surface area contributed by atoms with Crippen LogP contribution in [-0.2, 0) is 0 Å². The summed E-state index contributed by atoms with van der Waals surface area (Å²) in [6.45, 7) is 16.3. The number of hydrogen-bond donors (Lipinski definition) is 0. The van der Waals surface area contributed by atoms with E-state index in [0.29, 0.717) is 0 Å². The lowest BCUT2D eigenvalue weighted by Crippen LogP contribution is -2.00. The zero-order valence-corrected chi connectivity index (χ0v) is 12.1. The maximum absolute atomic E-state index is 4.51. The van der Waals surface area contributed by atoms with Crippen LogP contribution in [0.1, 0.15) is 48.0 Å². The average molecular weight is 231 g/mol. The van der Waals surface area contributed by atoms with Crippen molar-refractivity contribution >= 4 is 5.71 Å². The van der Waals surface area contributed by atoms with Crippen molar-refractivity contribution < 1.29 is 0 Å². The number of nitrogens with zero attached hydrogens (tertiary/aromatic N) is 1. The minimum Gasteiger partial charge on any atom is -0.254 e. The Balaban J connectivity index is 5.60. The Bertz CT molecular complexity index is 386. The summed E-state index contributed by atoms with van der Waals surface area (Å²) in [6, 6.07) is 0. The van der Waals surface area contributed by atoms with E-state index in [9.17, 15) is 0 Å². The largest absolute Gasteiger partial charge is 0.254 e. The van der Waals surface area contributed by atoms with Gasteiger partial charge in [0, 0.05) is 5.70 Å². The molecular weight excluding hydrogens is 206 g/mol. The summed E-state index contributed by atoms with van der Waals surface area (Å²) in [5, 5.41) is 0. The monoisotopic (exact) mass is 231 g/mol. The van der Waals surface area contributed by atoms with Gasteiger partial charge in [0.25, 0.3) is 0 Å². The molecule has 0 unspecified atom stereocenters. The Hall–Kier alpha value is -1.37. The molecule has 1 heteroatoms. The van der Waals surface area contributed by atoms with Crippen LogP contribution in [0.2, 0.25) is 0 Å². The van der Waals surface area contributed by atoms with Gasteiger partial charge in [-0.25, -0.2) is 0 Å². The molecule has 0 rings (SSSR count). The summed E-state index contributed by atoms with van der Waals surface area (Å²) >= 11 is 0. The van der Waals surface area contributed by atoms with E-state index in [1.54, 1.807) is 0 Å². The lowest BCUT2D eigenvalue weighted by atomic mass is 10.0. The van der Waals surface area contributed by atoms with Crippen LogP contribution < -0.4 is 0 Å². The fraction of sp³-hybridized carbons (Fsp3) is 0.438. The van der Waals surface area contributed by atoms with Crippen molar-refractivity contribution in [2.45, 2.75) is 48.0 Å². The van der Waals surface area contributed by atoms with Crippen molar-refractivity contribution in [3.63, 3.8) is 0 Å². The fourth-order valence-electron chi connectivity index (χ4n) is 1.37. The lowest BCUT2D eigenvalue weighted by Gasteiger charge is -2.08. The molecule has 0 bridgehead atoms. The Labute approximate surface area is 106 Å². The van der Waals surface area contributed by atoms with E-state index in [4.69, 9.17) is 0 Å². The SMILES string of the molecule is C=C(C)N=C(/C=C\C)C(/C=C(/C)CC)=C(C)C. The highest BCUT2D eigenvalue weighted by Gasteiger charge is 2.04. The Morgan fingerprint density at radius 2 is 1.76 bits per heavy atom. The van der Waals surface area contributed by atoms with E-state index in [1.807, 2.05) is 26.0 Å². The fourth-order valence-corrected chi connectivity index (χ4v) is 1.37. The minimum absolute atomic E-state index is 0.833. The quantitative estimate of drug-likeness (QED) is 0.454. The van der Waals surface area contributed by atoms with Crippen molar-refractivity contribution in [3.05, 3.63) is 47.2 Å². The highest BCUT2D eigenvalue weighted by Crippen LogP contribution is 2.15. The third kappa shape index (κ3) is 6.06. The van der Waals surface area contributed by atoms with Crippen molar-refractivity contribution in [2.75, 3.05) is 0 Å². The lowest BCUT2D eigenvalue weighted by molar-refractivity contribution is 1.09. The smallest absolute Gasteiger partial charge is 0.0700 e. The minimum atomic E-state index is 0.833. The van der Waals surface area contributed by atoms with E-state index < -0.39 is 0 Å². The first-order chi connectivity index (χ1) is 7.92. The normalized spacial score (nSPS) is 13.1. The number of allylic oxidation sites excluding steroid dienone is 7. The summed E-state index contributed by atoms with van der Waals surface area (Å²) in [6.07, 6.45) is 7.33. The molecule has 0 aromatic heterocycles. The molecule has 0 heterocycles. The Morgan fingerprint density at radius 3 is 2.12 bits per heavy atom. The third-order valence-electron chi connectivity index (χ3n) is 2.40. The van der Waals surface area contributed by atoms with Gasteiger partial charge in [-0.15, -0.1) is 0 Å². The zero-order valence-electron chi connectivity index (χ0n) is 12.1. The van der Waals surface area contributed by atoms with Gasteiger partial charge in [-0.2, -0.15) is 0 Å². The highest BCUT2D eigenvalue weighted by molar-refractivity contribution is 6.11. The first-order valence-corrected chi connectivity index (χ1v) is 6.14. The van der Waals surface area contributed by atoms with E-state index >= 15 is 0 Å².